The minimum absolute atomic E-state index is 0.00611. The SMILES string of the molecule is Cc1cccc(C(=O)NN2CCC2)c1. The van der Waals surface area contributed by atoms with Crippen LogP contribution in [-0.2, 0) is 0 Å². The van der Waals surface area contributed by atoms with Gasteiger partial charge in [-0.1, -0.05) is 17.7 Å². The standard InChI is InChI=1S/C11H14N2O/c1-9-4-2-5-10(8-9)11(14)12-13-6-3-7-13/h2,4-5,8H,3,6-7H2,1H3,(H,12,14). The molecule has 1 aliphatic heterocycles. The van der Waals surface area contributed by atoms with E-state index in [0.717, 1.165) is 24.2 Å². The quantitative estimate of drug-likeness (QED) is 0.763. The summed E-state index contributed by atoms with van der Waals surface area (Å²) in [5.41, 5.74) is 4.70. The van der Waals surface area contributed by atoms with Crippen molar-refractivity contribution in [3.63, 3.8) is 0 Å². The maximum absolute atomic E-state index is 11.6. The first-order valence-electron chi connectivity index (χ1n) is 4.88. The third-order valence-corrected chi connectivity index (χ3v) is 2.40. The topological polar surface area (TPSA) is 32.3 Å². The molecule has 1 heterocycles. The van der Waals surface area contributed by atoms with Crippen LogP contribution in [0.5, 0.6) is 0 Å². The van der Waals surface area contributed by atoms with Crippen LogP contribution in [-0.4, -0.2) is 24.0 Å². The number of hydrazine groups is 1. The Hall–Kier alpha value is -1.35. The van der Waals surface area contributed by atoms with Crippen LogP contribution in [0.15, 0.2) is 24.3 Å². The number of nitrogens with one attached hydrogen (secondary N) is 1. The van der Waals surface area contributed by atoms with E-state index in [4.69, 9.17) is 0 Å². The highest BCUT2D eigenvalue weighted by molar-refractivity contribution is 5.94. The number of amides is 1. The average Bonchev–Trinajstić information content (AvgIpc) is 2.11. The second-order valence-corrected chi connectivity index (χ2v) is 3.65. The van der Waals surface area contributed by atoms with Crippen LogP contribution in [0.4, 0.5) is 0 Å². The molecule has 1 aromatic rings. The number of hydrogen-bond donors (Lipinski definition) is 1. The maximum atomic E-state index is 11.6. The fraction of sp³-hybridized carbons (Fsp3) is 0.364. The molecule has 74 valence electrons. The van der Waals surface area contributed by atoms with Crippen LogP contribution in [0.1, 0.15) is 22.3 Å². The molecule has 0 spiro atoms. The zero-order valence-electron chi connectivity index (χ0n) is 8.29. The van der Waals surface area contributed by atoms with Crippen molar-refractivity contribution in [3.05, 3.63) is 35.4 Å². The molecule has 1 aliphatic rings. The van der Waals surface area contributed by atoms with E-state index in [1.54, 1.807) is 0 Å². The summed E-state index contributed by atoms with van der Waals surface area (Å²) in [5, 5.41) is 1.94. The summed E-state index contributed by atoms with van der Waals surface area (Å²) in [6, 6.07) is 7.62. The third kappa shape index (κ3) is 1.93. The van der Waals surface area contributed by atoms with Crippen LogP contribution in [0.2, 0.25) is 0 Å². The zero-order valence-corrected chi connectivity index (χ0v) is 8.29. The summed E-state index contributed by atoms with van der Waals surface area (Å²) in [6.07, 6.45) is 1.17. The first-order chi connectivity index (χ1) is 6.75. The van der Waals surface area contributed by atoms with E-state index in [9.17, 15) is 4.79 Å². The van der Waals surface area contributed by atoms with Gasteiger partial charge in [-0.05, 0) is 25.5 Å². The lowest BCUT2D eigenvalue weighted by molar-refractivity contribution is 0.0642. The van der Waals surface area contributed by atoms with Crippen LogP contribution in [0.25, 0.3) is 0 Å². The fourth-order valence-corrected chi connectivity index (χ4v) is 1.42. The van der Waals surface area contributed by atoms with Gasteiger partial charge in [0.1, 0.15) is 0 Å². The predicted octanol–water partition coefficient (Wildman–Crippen LogP) is 1.35. The van der Waals surface area contributed by atoms with Crippen molar-refractivity contribution in [3.8, 4) is 0 Å². The van der Waals surface area contributed by atoms with Gasteiger partial charge in [0, 0.05) is 18.7 Å². The second kappa shape index (κ2) is 3.80. The van der Waals surface area contributed by atoms with Crippen molar-refractivity contribution in [2.75, 3.05) is 13.1 Å². The van der Waals surface area contributed by atoms with Crippen molar-refractivity contribution >= 4 is 5.91 Å². The molecule has 0 aliphatic carbocycles. The van der Waals surface area contributed by atoms with Crippen molar-refractivity contribution in [1.82, 2.24) is 10.4 Å². The van der Waals surface area contributed by atoms with E-state index in [1.165, 1.54) is 6.42 Å². The molecule has 0 aromatic heterocycles. The van der Waals surface area contributed by atoms with Crippen LogP contribution in [0.3, 0.4) is 0 Å². The maximum Gasteiger partial charge on any atom is 0.265 e. The van der Waals surface area contributed by atoms with Crippen LogP contribution < -0.4 is 5.43 Å². The Morgan fingerprint density at radius 3 is 2.79 bits per heavy atom. The minimum atomic E-state index is -0.00611. The third-order valence-electron chi connectivity index (χ3n) is 2.40. The smallest absolute Gasteiger partial charge is 0.265 e. The molecule has 0 bridgehead atoms. The van der Waals surface area contributed by atoms with Crippen molar-refractivity contribution in [1.29, 1.82) is 0 Å². The number of nitrogens with zero attached hydrogens (tertiary/aromatic N) is 1. The van der Waals surface area contributed by atoms with Crippen molar-refractivity contribution in [2.24, 2.45) is 0 Å². The molecule has 0 atom stereocenters. The number of hydrogen-bond acceptors (Lipinski definition) is 2. The number of benzene rings is 1. The number of aryl methyl sites for hydroxylation is 1. The average molecular weight is 190 g/mol. The summed E-state index contributed by atoms with van der Waals surface area (Å²) in [6.45, 7) is 3.93. The predicted molar refractivity (Wildman–Crippen MR) is 54.8 cm³/mol. The summed E-state index contributed by atoms with van der Waals surface area (Å²) >= 11 is 0. The largest absolute Gasteiger partial charge is 0.285 e. The Morgan fingerprint density at radius 2 is 2.21 bits per heavy atom. The number of rotatable bonds is 2. The van der Waals surface area contributed by atoms with Gasteiger partial charge in [0.05, 0.1) is 0 Å². The minimum Gasteiger partial charge on any atom is -0.285 e. The summed E-state index contributed by atoms with van der Waals surface area (Å²) in [7, 11) is 0. The second-order valence-electron chi connectivity index (χ2n) is 3.65. The van der Waals surface area contributed by atoms with Gasteiger partial charge in [0.25, 0.3) is 5.91 Å². The Bertz CT molecular complexity index is 345. The molecular formula is C11H14N2O. The molecular weight excluding hydrogens is 176 g/mol. The molecule has 2 rings (SSSR count). The first-order valence-corrected chi connectivity index (χ1v) is 4.88. The van der Waals surface area contributed by atoms with E-state index >= 15 is 0 Å². The van der Waals surface area contributed by atoms with Gasteiger partial charge in [-0.15, -0.1) is 0 Å². The van der Waals surface area contributed by atoms with Gasteiger partial charge in [0.15, 0.2) is 0 Å². The fourth-order valence-electron chi connectivity index (χ4n) is 1.42. The summed E-state index contributed by atoms with van der Waals surface area (Å²) in [5.74, 6) is -0.00611. The molecule has 0 unspecified atom stereocenters. The lowest BCUT2D eigenvalue weighted by atomic mass is 10.1. The lowest BCUT2D eigenvalue weighted by Gasteiger charge is -2.30. The van der Waals surface area contributed by atoms with E-state index < -0.39 is 0 Å². The highest BCUT2D eigenvalue weighted by atomic mass is 16.2. The lowest BCUT2D eigenvalue weighted by Crippen LogP contribution is -2.50. The van der Waals surface area contributed by atoms with Gasteiger partial charge in [-0.3, -0.25) is 10.2 Å². The Labute approximate surface area is 83.7 Å². The van der Waals surface area contributed by atoms with Gasteiger partial charge in [-0.2, -0.15) is 0 Å². The molecule has 1 aromatic carbocycles. The zero-order chi connectivity index (χ0) is 9.97. The van der Waals surface area contributed by atoms with E-state index in [0.29, 0.717) is 0 Å². The van der Waals surface area contributed by atoms with Gasteiger partial charge >= 0.3 is 0 Å². The molecule has 1 amide bonds. The number of carbonyl (C=O) groups excluding carboxylic acids is 1. The molecule has 1 fully saturated rings. The van der Waals surface area contributed by atoms with Crippen molar-refractivity contribution in [2.45, 2.75) is 13.3 Å². The molecule has 1 N–H and O–H groups in total. The van der Waals surface area contributed by atoms with Gasteiger partial charge in [0.2, 0.25) is 0 Å². The first kappa shape index (κ1) is 9.21. The molecule has 3 nitrogen and oxygen atoms in total. The van der Waals surface area contributed by atoms with E-state index in [1.807, 2.05) is 36.2 Å². The Kier molecular flexibility index (Phi) is 2.50. The highest BCUT2D eigenvalue weighted by Gasteiger charge is 2.16. The Morgan fingerprint density at radius 1 is 1.43 bits per heavy atom. The van der Waals surface area contributed by atoms with E-state index in [2.05, 4.69) is 5.43 Å². The number of carbonyl (C=O) groups is 1. The monoisotopic (exact) mass is 190 g/mol. The van der Waals surface area contributed by atoms with Crippen LogP contribution in [0, 0.1) is 6.92 Å². The molecule has 14 heavy (non-hydrogen) atoms. The highest BCUT2D eigenvalue weighted by Crippen LogP contribution is 2.06. The summed E-state index contributed by atoms with van der Waals surface area (Å²) < 4.78 is 0. The molecule has 0 radical (unpaired) electrons. The van der Waals surface area contributed by atoms with Crippen molar-refractivity contribution < 1.29 is 4.79 Å². The summed E-state index contributed by atoms with van der Waals surface area (Å²) in [4.78, 5) is 11.6. The van der Waals surface area contributed by atoms with Crippen LogP contribution >= 0.6 is 0 Å². The molecule has 0 saturated carbocycles. The van der Waals surface area contributed by atoms with Gasteiger partial charge < -0.3 is 0 Å². The Balaban J connectivity index is 2.02. The van der Waals surface area contributed by atoms with E-state index in [-0.39, 0.29) is 5.91 Å². The molecule has 1 saturated heterocycles. The van der Waals surface area contributed by atoms with Gasteiger partial charge in [-0.25, -0.2) is 5.01 Å². The molecule has 3 heteroatoms. The normalized spacial score (nSPS) is 16.1.